The van der Waals surface area contributed by atoms with Gasteiger partial charge in [-0.2, -0.15) is 4.31 Å². The van der Waals surface area contributed by atoms with Crippen LogP contribution in [0.4, 0.5) is 5.69 Å². The lowest BCUT2D eigenvalue weighted by molar-refractivity contribution is -0.0948. The largest absolute Gasteiger partial charge is 0.370 e. The number of nitrogens with zero attached hydrogens (tertiary/aromatic N) is 3. The molecule has 0 N–H and O–H groups in total. The smallest absolute Gasteiger partial charge is 0.211 e. The average Bonchev–Trinajstić information content (AvgIpc) is 2.47. The maximum Gasteiger partial charge on any atom is 0.211 e. The van der Waals surface area contributed by atoms with Crippen molar-refractivity contribution in [2.45, 2.75) is 18.4 Å². The number of aromatic nitrogens is 1. The van der Waals surface area contributed by atoms with Gasteiger partial charge in [0.15, 0.2) is 0 Å². The van der Waals surface area contributed by atoms with Crippen LogP contribution in [-0.4, -0.2) is 62.3 Å². The lowest BCUT2D eigenvalue weighted by Gasteiger charge is -2.47. The Balaban J connectivity index is 1.78. The van der Waals surface area contributed by atoms with E-state index in [4.69, 9.17) is 4.74 Å². The van der Waals surface area contributed by atoms with Crippen molar-refractivity contribution in [1.29, 1.82) is 0 Å². The van der Waals surface area contributed by atoms with E-state index in [1.807, 2.05) is 18.3 Å². The monoisotopic (exact) mass is 311 g/mol. The number of morpholine rings is 1. The van der Waals surface area contributed by atoms with Crippen LogP contribution in [0.15, 0.2) is 24.5 Å². The van der Waals surface area contributed by atoms with Gasteiger partial charge < -0.3 is 9.64 Å². The second-order valence-electron chi connectivity index (χ2n) is 5.86. The minimum atomic E-state index is -3.16. The Morgan fingerprint density at radius 2 is 2.19 bits per heavy atom. The van der Waals surface area contributed by atoms with Crippen molar-refractivity contribution in [2.24, 2.45) is 0 Å². The number of hydrogen-bond donors (Lipinski definition) is 0. The fraction of sp³-hybridized carbons (Fsp3) is 0.643. The number of hydrogen-bond acceptors (Lipinski definition) is 5. The van der Waals surface area contributed by atoms with Gasteiger partial charge in [-0.1, -0.05) is 0 Å². The van der Waals surface area contributed by atoms with Crippen molar-refractivity contribution < 1.29 is 13.2 Å². The molecule has 2 fully saturated rings. The molecule has 0 bridgehead atoms. The van der Waals surface area contributed by atoms with Gasteiger partial charge in [0.05, 0.1) is 30.3 Å². The lowest BCUT2D eigenvalue weighted by atomic mass is 9.91. The number of piperidine rings is 1. The zero-order chi connectivity index (χ0) is 14.9. The molecule has 1 spiro atoms. The van der Waals surface area contributed by atoms with Crippen molar-refractivity contribution in [3.05, 3.63) is 24.5 Å². The van der Waals surface area contributed by atoms with Crippen molar-refractivity contribution in [2.75, 3.05) is 43.9 Å². The SMILES string of the molecule is CS(=O)(=O)N1CCO[C@]2(CCCN(c3cccnc3)C2)C1. The summed E-state index contributed by atoms with van der Waals surface area (Å²) in [5.74, 6) is 0. The summed E-state index contributed by atoms with van der Waals surface area (Å²) < 4.78 is 31.2. The molecule has 3 heterocycles. The Kier molecular flexibility index (Phi) is 3.90. The number of ether oxygens (including phenoxy) is 1. The third-order valence-corrected chi connectivity index (χ3v) is 5.48. The second kappa shape index (κ2) is 5.55. The molecule has 0 saturated carbocycles. The van der Waals surface area contributed by atoms with Gasteiger partial charge in [0.2, 0.25) is 10.0 Å². The number of sulfonamides is 1. The van der Waals surface area contributed by atoms with Crippen LogP contribution >= 0.6 is 0 Å². The summed E-state index contributed by atoms with van der Waals surface area (Å²) in [6.07, 6.45) is 6.76. The van der Waals surface area contributed by atoms with E-state index < -0.39 is 15.6 Å². The van der Waals surface area contributed by atoms with Crippen LogP contribution in [0.25, 0.3) is 0 Å². The molecule has 1 aromatic rings. The molecule has 116 valence electrons. The molecule has 0 aliphatic carbocycles. The number of anilines is 1. The van der Waals surface area contributed by atoms with E-state index in [-0.39, 0.29) is 0 Å². The summed E-state index contributed by atoms with van der Waals surface area (Å²) in [5, 5.41) is 0. The van der Waals surface area contributed by atoms with Gasteiger partial charge in [0.1, 0.15) is 0 Å². The van der Waals surface area contributed by atoms with Crippen LogP contribution in [0.2, 0.25) is 0 Å². The topological polar surface area (TPSA) is 62.7 Å². The van der Waals surface area contributed by atoms with Gasteiger partial charge in [-0.25, -0.2) is 8.42 Å². The molecule has 2 aliphatic rings. The minimum absolute atomic E-state index is 0.393. The Bertz CT molecular complexity index is 589. The molecular formula is C14H21N3O3S. The first-order valence-corrected chi connectivity index (χ1v) is 9.07. The third kappa shape index (κ3) is 3.20. The summed E-state index contributed by atoms with van der Waals surface area (Å²) in [5.41, 5.74) is 0.673. The number of rotatable bonds is 2. The molecule has 3 rings (SSSR count). The zero-order valence-corrected chi connectivity index (χ0v) is 13.1. The molecule has 1 atom stereocenters. The summed E-state index contributed by atoms with van der Waals surface area (Å²) in [7, 11) is -3.16. The maximum atomic E-state index is 11.8. The summed E-state index contributed by atoms with van der Waals surface area (Å²) in [4.78, 5) is 6.40. The minimum Gasteiger partial charge on any atom is -0.370 e. The standard InChI is InChI=1S/C14H21N3O3S/c1-21(18,19)17-8-9-20-14(12-17)5-3-7-16(11-14)13-4-2-6-15-10-13/h2,4,6,10H,3,5,7-9,11-12H2,1H3/t14-/m0/s1. The van der Waals surface area contributed by atoms with E-state index in [9.17, 15) is 8.42 Å². The fourth-order valence-electron chi connectivity index (χ4n) is 3.20. The Morgan fingerprint density at radius 1 is 1.33 bits per heavy atom. The lowest BCUT2D eigenvalue weighted by Crippen LogP contribution is -2.60. The Hall–Kier alpha value is -1.18. The average molecular weight is 311 g/mol. The first-order valence-electron chi connectivity index (χ1n) is 7.23. The van der Waals surface area contributed by atoms with Crippen molar-refractivity contribution in [1.82, 2.24) is 9.29 Å². The molecule has 21 heavy (non-hydrogen) atoms. The van der Waals surface area contributed by atoms with Crippen LogP contribution in [-0.2, 0) is 14.8 Å². The molecule has 0 radical (unpaired) electrons. The van der Waals surface area contributed by atoms with E-state index in [1.54, 1.807) is 10.5 Å². The van der Waals surface area contributed by atoms with Gasteiger partial charge >= 0.3 is 0 Å². The molecule has 0 aromatic carbocycles. The van der Waals surface area contributed by atoms with Crippen LogP contribution in [0, 0.1) is 0 Å². The Labute approximate surface area is 125 Å². The van der Waals surface area contributed by atoms with E-state index in [1.165, 1.54) is 6.26 Å². The van der Waals surface area contributed by atoms with Crippen LogP contribution < -0.4 is 4.90 Å². The van der Waals surface area contributed by atoms with E-state index in [0.29, 0.717) is 26.2 Å². The molecule has 6 nitrogen and oxygen atoms in total. The van der Waals surface area contributed by atoms with E-state index in [2.05, 4.69) is 9.88 Å². The predicted molar refractivity (Wildman–Crippen MR) is 80.8 cm³/mol. The van der Waals surface area contributed by atoms with Crippen LogP contribution in [0.5, 0.6) is 0 Å². The molecule has 1 aromatic heterocycles. The molecule has 0 amide bonds. The maximum absolute atomic E-state index is 11.8. The van der Waals surface area contributed by atoms with Gasteiger partial charge in [-0.3, -0.25) is 4.98 Å². The molecule has 7 heteroatoms. The highest BCUT2D eigenvalue weighted by molar-refractivity contribution is 7.88. The quantitative estimate of drug-likeness (QED) is 0.805. The molecular weight excluding hydrogens is 290 g/mol. The zero-order valence-electron chi connectivity index (χ0n) is 12.2. The predicted octanol–water partition coefficient (Wildman–Crippen LogP) is 0.712. The van der Waals surface area contributed by atoms with E-state index >= 15 is 0 Å². The highest BCUT2D eigenvalue weighted by atomic mass is 32.2. The molecule has 0 unspecified atom stereocenters. The van der Waals surface area contributed by atoms with Crippen LogP contribution in [0.1, 0.15) is 12.8 Å². The van der Waals surface area contributed by atoms with Gasteiger partial charge in [-0.05, 0) is 25.0 Å². The molecule has 2 aliphatic heterocycles. The number of pyridine rings is 1. The highest BCUT2D eigenvalue weighted by Crippen LogP contribution is 2.32. The first-order chi connectivity index (χ1) is 9.99. The van der Waals surface area contributed by atoms with Crippen LogP contribution in [0.3, 0.4) is 0 Å². The van der Waals surface area contributed by atoms with Crippen molar-refractivity contribution >= 4 is 15.7 Å². The van der Waals surface area contributed by atoms with Gasteiger partial charge in [0, 0.05) is 32.4 Å². The van der Waals surface area contributed by atoms with Crippen molar-refractivity contribution in [3.8, 4) is 0 Å². The van der Waals surface area contributed by atoms with Crippen molar-refractivity contribution in [3.63, 3.8) is 0 Å². The normalized spacial score (nSPS) is 28.0. The summed E-state index contributed by atoms with van der Waals surface area (Å²) in [6, 6.07) is 3.95. The Morgan fingerprint density at radius 3 is 2.90 bits per heavy atom. The second-order valence-corrected chi connectivity index (χ2v) is 7.85. The highest BCUT2D eigenvalue weighted by Gasteiger charge is 2.42. The van der Waals surface area contributed by atoms with Gasteiger partial charge in [-0.15, -0.1) is 0 Å². The fourth-order valence-corrected chi connectivity index (χ4v) is 4.08. The summed E-state index contributed by atoms with van der Waals surface area (Å²) >= 11 is 0. The first kappa shape index (κ1) is 14.7. The third-order valence-electron chi connectivity index (χ3n) is 4.23. The van der Waals surface area contributed by atoms with E-state index in [0.717, 1.165) is 25.1 Å². The summed E-state index contributed by atoms with van der Waals surface area (Å²) in [6.45, 7) is 3.03. The molecule has 2 saturated heterocycles. The van der Waals surface area contributed by atoms with Gasteiger partial charge in [0.25, 0.3) is 0 Å².